The first-order chi connectivity index (χ1) is 6.90. The van der Waals surface area contributed by atoms with Gasteiger partial charge in [0.25, 0.3) is 0 Å². The third-order valence-corrected chi connectivity index (χ3v) is 2.43. The molecule has 3 heteroatoms. The molecule has 0 amide bonds. The van der Waals surface area contributed by atoms with Crippen molar-refractivity contribution in [3.05, 3.63) is 23.3 Å². The van der Waals surface area contributed by atoms with E-state index in [-0.39, 0.29) is 11.2 Å². The second-order valence-electron chi connectivity index (χ2n) is 4.64. The van der Waals surface area contributed by atoms with Crippen LogP contribution in [0.25, 0.3) is 0 Å². The Morgan fingerprint density at radius 2 is 1.93 bits per heavy atom. The van der Waals surface area contributed by atoms with Crippen LogP contribution in [-0.4, -0.2) is 12.2 Å². The van der Waals surface area contributed by atoms with Gasteiger partial charge in [-0.2, -0.15) is 0 Å². The molecule has 0 unspecified atom stereocenters. The molecule has 0 saturated heterocycles. The Balaban J connectivity index is 3.37. The predicted molar refractivity (Wildman–Crippen MR) is 61.3 cm³/mol. The normalized spacial score (nSPS) is 11.5. The van der Waals surface area contributed by atoms with E-state index in [0.29, 0.717) is 6.54 Å². The average molecular weight is 209 g/mol. The lowest BCUT2D eigenvalue weighted by Crippen LogP contribution is -2.13. The molecule has 84 valence electrons. The molecule has 0 atom stereocenters. The second-order valence-corrected chi connectivity index (χ2v) is 4.64. The molecular formula is C12H19NO2. The Bertz CT molecular complexity index is 353. The molecule has 0 aliphatic heterocycles. The maximum absolute atomic E-state index is 10.0. The van der Waals surface area contributed by atoms with Gasteiger partial charge in [0, 0.05) is 17.7 Å². The zero-order chi connectivity index (χ0) is 11.6. The van der Waals surface area contributed by atoms with E-state index in [1.54, 1.807) is 13.2 Å². The van der Waals surface area contributed by atoms with Gasteiger partial charge >= 0.3 is 0 Å². The Kier molecular flexibility index (Phi) is 3.25. The molecule has 0 bridgehead atoms. The van der Waals surface area contributed by atoms with Crippen LogP contribution in [0.1, 0.15) is 31.9 Å². The van der Waals surface area contributed by atoms with E-state index < -0.39 is 0 Å². The van der Waals surface area contributed by atoms with Crippen molar-refractivity contribution >= 4 is 0 Å². The fourth-order valence-corrected chi connectivity index (χ4v) is 1.51. The summed E-state index contributed by atoms with van der Waals surface area (Å²) in [5.74, 6) is 1.02. The summed E-state index contributed by atoms with van der Waals surface area (Å²) in [6, 6.07) is 3.62. The first-order valence-corrected chi connectivity index (χ1v) is 5.00. The van der Waals surface area contributed by atoms with Crippen LogP contribution >= 0.6 is 0 Å². The minimum atomic E-state index is -0.122. The monoisotopic (exact) mass is 209 g/mol. The molecule has 0 aliphatic rings. The van der Waals surface area contributed by atoms with Gasteiger partial charge in [-0.25, -0.2) is 0 Å². The van der Waals surface area contributed by atoms with Crippen LogP contribution in [0.3, 0.4) is 0 Å². The lowest BCUT2D eigenvalue weighted by Gasteiger charge is -2.22. The molecule has 0 aliphatic carbocycles. The van der Waals surface area contributed by atoms with Crippen LogP contribution in [0.2, 0.25) is 0 Å². The van der Waals surface area contributed by atoms with Crippen molar-refractivity contribution in [2.24, 2.45) is 5.73 Å². The first kappa shape index (κ1) is 11.9. The van der Waals surface area contributed by atoms with Gasteiger partial charge in [0.05, 0.1) is 7.11 Å². The van der Waals surface area contributed by atoms with Crippen LogP contribution < -0.4 is 10.5 Å². The molecule has 0 aromatic heterocycles. The Hall–Kier alpha value is -1.22. The van der Waals surface area contributed by atoms with Crippen LogP contribution in [0, 0.1) is 0 Å². The largest absolute Gasteiger partial charge is 0.507 e. The van der Waals surface area contributed by atoms with E-state index in [1.165, 1.54) is 0 Å². The van der Waals surface area contributed by atoms with Crippen molar-refractivity contribution < 1.29 is 9.84 Å². The van der Waals surface area contributed by atoms with E-state index in [4.69, 9.17) is 10.5 Å². The fraction of sp³-hybridized carbons (Fsp3) is 0.500. The summed E-state index contributed by atoms with van der Waals surface area (Å²) >= 11 is 0. The number of methoxy groups -OCH3 is 1. The van der Waals surface area contributed by atoms with Crippen molar-refractivity contribution in [2.75, 3.05) is 7.11 Å². The van der Waals surface area contributed by atoms with Gasteiger partial charge in [-0.05, 0) is 17.5 Å². The highest BCUT2D eigenvalue weighted by Gasteiger charge is 2.21. The molecule has 3 N–H and O–H groups in total. The molecule has 0 fully saturated rings. The molecule has 0 heterocycles. The van der Waals surface area contributed by atoms with Crippen LogP contribution in [0.4, 0.5) is 0 Å². The number of benzene rings is 1. The van der Waals surface area contributed by atoms with E-state index in [9.17, 15) is 5.11 Å². The van der Waals surface area contributed by atoms with E-state index in [0.717, 1.165) is 16.9 Å². The highest BCUT2D eigenvalue weighted by Crippen LogP contribution is 2.36. The van der Waals surface area contributed by atoms with Crippen molar-refractivity contribution in [1.82, 2.24) is 0 Å². The quantitative estimate of drug-likeness (QED) is 0.784. The minimum absolute atomic E-state index is 0.122. The third-order valence-electron chi connectivity index (χ3n) is 2.43. The number of hydrogen-bond acceptors (Lipinski definition) is 3. The van der Waals surface area contributed by atoms with Gasteiger partial charge in [0.15, 0.2) is 0 Å². The Labute approximate surface area is 90.9 Å². The number of ether oxygens (including phenoxy) is 1. The van der Waals surface area contributed by atoms with Gasteiger partial charge in [-0.15, -0.1) is 0 Å². The molecule has 1 aromatic carbocycles. The van der Waals surface area contributed by atoms with Gasteiger partial charge in [-0.3, -0.25) is 0 Å². The lowest BCUT2D eigenvalue weighted by atomic mass is 9.85. The minimum Gasteiger partial charge on any atom is -0.507 e. The third kappa shape index (κ3) is 2.42. The van der Waals surface area contributed by atoms with Crippen LogP contribution in [0.15, 0.2) is 12.1 Å². The summed E-state index contributed by atoms with van der Waals surface area (Å²) in [6.45, 7) is 6.44. The van der Waals surface area contributed by atoms with Crippen molar-refractivity contribution in [3.8, 4) is 11.5 Å². The van der Waals surface area contributed by atoms with E-state index in [1.807, 2.05) is 26.8 Å². The zero-order valence-electron chi connectivity index (χ0n) is 9.79. The molecule has 0 radical (unpaired) electrons. The molecule has 3 nitrogen and oxygen atoms in total. The number of phenolic OH excluding ortho intramolecular Hbond substituents is 1. The summed E-state index contributed by atoms with van der Waals surface area (Å²) in [4.78, 5) is 0. The number of rotatable bonds is 2. The fourth-order valence-electron chi connectivity index (χ4n) is 1.51. The maximum Gasteiger partial charge on any atom is 0.124 e. The SMILES string of the molecule is COc1cc(CN)c(O)c(C(C)(C)C)c1. The topological polar surface area (TPSA) is 55.5 Å². The van der Waals surface area contributed by atoms with Crippen molar-refractivity contribution in [1.29, 1.82) is 0 Å². The van der Waals surface area contributed by atoms with Crippen molar-refractivity contribution in [2.45, 2.75) is 32.7 Å². The number of hydrogen-bond donors (Lipinski definition) is 2. The Morgan fingerprint density at radius 3 is 2.33 bits per heavy atom. The molecule has 0 saturated carbocycles. The average Bonchev–Trinajstić information content (AvgIpc) is 2.16. The molecule has 15 heavy (non-hydrogen) atoms. The smallest absolute Gasteiger partial charge is 0.124 e. The molecular weight excluding hydrogens is 190 g/mol. The summed E-state index contributed by atoms with van der Waals surface area (Å²) < 4.78 is 5.18. The van der Waals surface area contributed by atoms with Crippen molar-refractivity contribution in [3.63, 3.8) is 0 Å². The number of phenols is 1. The second kappa shape index (κ2) is 4.11. The van der Waals surface area contributed by atoms with E-state index >= 15 is 0 Å². The Morgan fingerprint density at radius 1 is 1.33 bits per heavy atom. The standard InChI is InChI=1S/C12H19NO2/c1-12(2,3)10-6-9(15-4)5-8(7-13)11(10)14/h5-6,14H,7,13H2,1-4H3. The highest BCUT2D eigenvalue weighted by molar-refractivity contribution is 5.49. The maximum atomic E-state index is 10.0. The summed E-state index contributed by atoms with van der Waals surface area (Å²) in [6.07, 6.45) is 0. The van der Waals surface area contributed by atoms with E-state index in [2.05, 4.69) is 0 Å². The van der Waals surface area contributed by atoms with Gasteiger partial charge in [0.2, 0.25) is 0 Å². The van der Waals surface area contributed by atoms with Gasteiger partial charge in [-0.1, -0.05) is 20.8 Å². The molecule has 1 aromatic rings. The van der Waals surface area contributed by atoms with Gasteiger partial charge in [0.1, 0.15) is 11.5 Å². The summed E-state index contributed by atoms with van der Waals surface area (Å²) in [5.41, 5.74) is 7.03. The zero-order valence-corrected chi connectivity index (χ0v) is 9.79. The highest BCUT2D eigenvalue weighted by atomic mass is 16.5. The first-order valence-electron chi connectivity index (χ1n) is 5.00. The van der Waals surface area contributed by atoms with Crippen LogP contribution in [0.5, 0.6) is 11.5 Å². The number of nitrogens with two attached hydrogens (primary N) is 1. The lowest BCUT2D eigenvalue weighted by molar-refractivity contribution is 0.403. The van der Waals surface area contributed by atoms with Crippen LogP contribution in [-0.2, 0) is 12.0 Å². The predicted octanol–water partition coefficient (Wildman–Crippen LogP) is 2.16. The summed E-state index contributed by atoms with van der Waals surface area (Å²) in [7, 11) is 1.61. The molecule has 0 spiro atoms. The van der Waals surface area contributed by atoms with Gasteiger partial charge < -0.3 is 15.6 Å². The summed E-state index contributed by atoms with van der Waals surface area (Å²) in [5, 5.41) is 10.0. The molecule has 1 rings (SSSR count). The number of aromatic hydroxyl groups is 1.